The highest BCUT2D eigenvalue weighted by Gasteiger charge is 2.36. The highest BCUT2D eigenvalue weighted by atomic mass is 35.7. The number of benzene rings is 1. The van der Waals surface area contributed by atoms with Crippen LogP contribution < -0.4 is 0 Å². The Balaban J connectivity index is 2.62. The number of halogens is 5. The molecule has 0 aliphatic heterocycles. The van der Waals surface area contributed by atoms with Gasteiger partial charge in [0.1, 0.15) is 6.33 Å². The molecule has 0 atom stereocenters. The number of aromatic nitrogens is 3. The van der Waals surface area contributed by atoms with Crippen LogP contribution in [0, 0.1) is 6.92 Å². The Morgan fingerprint density at radius 2 is 1.90 bits per heavy atom. The summed E-state index contributed by atoms with van der Waals surface area (Å²) in [6.45, 7) is 1.45. The summed E-state index contributed by atoms with van der Waals surface area (Å²) in [5.41, 5.74) is 0.180. The van der Waals surface area contributed by atoms with E-state index in [2.05, 4.69) is 10.1 Å². The first-order chi connectivity index (χ1) is 9.50. The Morgan fingerprint density at radius 1 is 1.29 bits per heavy atom. The Labute approximate surface area is 126 Å². The summed E-state index contributed by atoms with van der Waals surface area (Å²) < 4.78 is 60.9. The first kappa shape index (κ1) is 16.1. The lowest BCUT2D eigenvalue weighted by molar-refractivity contribution is -0.144. The van der Waals surface area contributed by atoms with E-state index in [-0.39, 0.29) is 21.2 Å². The van der Waals surface area contributed by atoms with Gasteiger partial charge in [-0.25, -0.2) is 18.1 Å². The third kappa shape index (κ3) is 3.30. The zero-order chi connectivity index (χ0) is 16.0. The van der Waals surface area contributed by atoms with Gasteiger partial charge in [-0.2, -0.15) is 13.2 Å². The van der Waals surface area contributed by atoms with Crippen LogP contribution in [0.2, 0.25) is 5.02 Å². The highest BCUT2D eigenvalue weighted by molar-refractivity contribution is 8.13. The molecule has 2 aromatic rings. The van der Waals surface area contributed by atoms with Crippen molar-refractivity contribution in [2.75, 3.05) is 0 Å². The summed E-state index contributed by atoms with van der Waals surface area (Å²) in [5.74, 6) is -1.37. The standard InChI is InChI=1S/C10H6Cl2F3N3O2S/c1-5-2-6(11)7(3-8(5)21(12,19)20)18-4-16-9(17-18)10(13,14)15/h2-4H,1H3. The number of aryl methyl sites for hydroxylation is 1. The van der Waals surface area contributed by atoms with Gasteiger partial charge in [0.2, 0.25) is 0 Å². The monoisotopic (exact) mass is 359 g/mol. The molecule has 2 rings (SSSR count). The van der Waals surface area contributed by atoms with E-state index < -0.39 is 21.1 Å². The molecular formula is C10H6Cl2F3N3O2S. The Hall–Kier alpha value is -1.32. The second-order valence-corrected chi connectivity index (χ2v) is 6.96. The van der Waals surface area contributed by atoms with Gasteiger partial charge in [0.25, 0.3) is 14.9 Å². The molecule has 0 unspecified atom stereocenters. The fourth-order valence-corrected chi connectivity index (χ4v) is 3.09. The van der Waals surface area contributed by atoms with Gasteiger partial charge in [-0.3, -0.25) is 0 Å². The Morgan fingerprint density at radius 3 is 2.38 bits per heavy atom. The minimum absolute atomic E-state index is 0.00944. The zero-order valence-electron chi connectivity index (χ0n) is 10.2. The summed E-state index contributed by atoms with van der Waals surface area (Å²) in [7, 11) is 1.18. The van der Waals surface area contributed by atoms with Crippen LogP contribution in [-0.2, 0) is 15.2 Å². The molecule has 0 saturated carbocycles. The molecule has 0 spiro atoms. The van der Waals surface area contributed by atoms with Crippen molar-refractivity contribution >= 4 is 31.3 Å². The quantitative estimate of drug-likeness (QED) is 0.772. The lowest BCUT2D eigenvalue weighted by Gasteiger charge is -2.08. The second kappa shape index (κ2) is 5.15. The molecule has 1 aromatic carbocycles. The number of nitrogens with zero attached hydrogens (tertiary/aromatic N) is 3. The summed E-state index contributed by atoms with van der Waals surface area (Å²) in [6, 6.07) is 2.30. The third-order valence-electron chi connectivity index (χ3n) is 2.50. The van der Waals surface area contributed by atoms with Crippen LogP contribution in [0.25, 0.3) is 5.69 Å². The Bertz CT molecular complexity index is 802. The van der Waals surface area contributed by atoms with Crippen molar-refractivity contribution in [2.24, 2.45) is 0 Å². The lowest BCUT2D eigenvalue weighted by Crippen LogP contribution is -2.09. The number of alkyl halides is 3. The molecule has 0 saturated heterocycles. The van der Waals surface area contributed by atoms with Crippen LogP contribution in [-0.4, -0.2) is 23.2 Å². The fraction of sp³-hybridized carbons (Fsp3) is 0.200. The molecular weight excluding hydrogens is 354 g/mol. The first-order valence-electron chi connectivity index (χ1n) is 5.24. The topological polar surface area (TPSA) is 64.8 Å². The van der Waals surface area contributed by atoms with Crippen LogP contribution >= 0.6 is 22.3 Å². The summed E-state index contributed by atoms with van der Waals surface area (Å²) in [4.78, 5) is 2.83. The van der Waals surface area contributed by atoms with Gasteiger partial charge in [-0.15, -0.1) is 5.10 Å². The molecule has 1 aromatic heterocycles. The van der Waals surface area contributed by atoms with Gasteiger partial charge in [0, 0.05) is 10.7 Å². The van der Waals surface area contributed by atoms with E-state index in [1.807, 2.05) is 0 Å². The predicted octanol–water partition coefficient (Wildman–Crippen LogP) is 3.18. The summed E-state index contributed by atoms with van der Waals surface area (Å²) >= 11 is 5.90. The van der Waals surface area contributed by atoms with Crippen LogP contribution in [0.5, 0.6) is 0 Å². The summed E-state index contributed by atoms with van der Waals surface area (Å²) in [6.07, 6.45) is -3.94. The number of hydrogen-bond donors (Lipinski definition) is 0. The molecule has 1 heterocycles. The van der Waals surface area contributed by atoms with E-state index in [0.29, 0.717) is 0 Å². The fourth-order valence-electron chi connectivity index (χ4n) is 1.59. The number of hydrogen-bond acceptors (Lipinski definition) is 4. The smallest absolute Gasteiger partial charge is 0.219 e. The van der Waals surface area contributed by atoms with Gasteiger partial charge in [-0.1, -0.05) is 11.6 Å². The molecule has 114 valence electrons. The van der Waals surface area contributed by atoms with Crippen molar-refractivity contribution in [3.63, 3.8) is 0 Å². The molecule has 0 N–H and O–H groups in total. The Kier molecular flexibility index (Phi) is 3.94. The minimum Gasteiger partial charge on any atom is -0.219 e. The minimum atomic E-state index is -4.72. The van der Waals surface area contributed by atoms with E-state index in [9.17, 15) is 21.6 Å². The molecule has 0 fully saturated rings. The van der Waals surface area contributed by atoms with Crippen molar-refractivity contribution in [1.82, 2.24) is 14.8 Å². The molecule has 0 bridgehead atoms. The van der Waals surface area contributed by atoms with Gasteiger partial charge in [-0.05, 0) is 24.6 Å². The van der Waals surface area contributed by atoms with Crippen LogP contribution in [0.4, 0.5) is 13.2 Å². The van der Waals surface area contributed by atoms with Gasteiger partial charge < -0.3 is 0 Å². The van der Waals surface area contributed by atoms with Gasteiger partial charge in [0.15, 0.2) is 0 Å². The first-order valence-corrected chi connectivity index (χ1v) is 7.93. The SMILES string of the molecule is Cc1cc(Cl)c(-n2cnc(C(F)(F)F)n2)cc1S(=O)(=O)Cl. The predicted molar refractivity (Wildman–Crippen MR) is 69.1 cm³/mol. The molecule has 0 aliphatic carbocycles. The van der Waals surface area contributed by atoms with E-state index in [1.54, 1.807) is 0 Å². The largest absolute Gasteiger partial charge is 0.453 e. The van der Waals surface area contributed by atoms with Crippen LogP contribution in [0.1, 0.15) is 11.4 Å². The van der Waals surface area contributed by atoms with Crippen molar-refractivity contribution < 1.29 is 21.6 Å². The highest BCUT2D eigenvalue weighted by Crippen LogP contribution is 2.30. The molecule has 11 heteroatoms. The summed E-state index contributed by atoms with van der Waals surface area (Å²) in [5, 5.41) is 3.23. The maximum Gasteiger partial charge on any atom is 0.453 e. The van der Waals surface area contributed by atoms with Crippen molar-refractivity contribution in [3.05, 3.63) is 34.9 Å². The molecule has 21 heavy (non-hydrogen) atoms. The average molecular weight is 360 g/mol. The number of rotatable bonds is 2. The van der Waals surface area contributed by atoms with E-state index in [4.69, 9.17) is 22.3 Å². The van der Waals surface area contributed by atoms with Gasteiger partial charge in [0.05, 0.1) is 15.6 Å². The maximum absolute atomic E-state index is 12.5. The molecule has 5 nitrogen and oxygen atoms in total. The van der Waals surface area contributed by atoms with Crippen LogP contribution in [0.15, 0.2) is 23.4 Å². The zero-order valence-corrected chi connectivity index (χ0v) is 12.5. The molecule has 0 amide bonds. The normalized spacial score (nSPS) is 12.7. The molecule has 0 radical (unpaired) electrons. The van der Waals surface area contributed by atoms with Gasteiger partial charge >= 0.3 is 6.18 Å². The van der Waals surface area contributed by atoms with Crippen molar-refractivity contribution in [1.29, 1.82) is 0 Å². The van der Waals surface area contributed by atoms with Crippen molar-refractivity contribution in [3.8, 4) is 5.69 Å². The average Bonchev–Trinajstić information content (AvgIpc) is 2.75. The maximum atomic E-state index is 12.5. The lowest BCUT2D eigenvalue weighted by atomic mass is 10.2. The van der Waals surface area contributed by atoms with E-state index >= 15 is 0 Å². The van der Waals surface area contributed by atoms with Crippen molar-refractivity contribution in [2.45, 2.75) is 18.0 Å². The van der Waals surface area contributed by atoms with E-state index in [0.717, 1.165) is 17.1 Å². The second-order valence-electron chi connectivity index (χ2n) is 4.02. The van der Waals surface area contributed by atoms with E-state index in [1.165, 1.54) is 13.0 Å². The van der Waals surface area contributed by atoms with Crippen LogP contribution in [0.3, 0.4) is 0 Å². The third-order valence-corrected chi connectivity index (χ3v) is 4.27. The molecule has 0 aliphatic rings.